The molecule has 52 nitrogen and oxygen atoms in total. The number of ether oxygens (including phenoxy) is 18. The quantitative estimate of drug-likeness (QED) is 0.0269. The fourth-order valence-corrected chi connectivity index (χ4v) is 12.0. The number of aryl methyl sites for hydroxylation is 1. The van der Waals surface area contributed by atoms with Crippen molar-refractivity contribution in [3.8, 4) is 0 Å². The first-order valence-electron chi connectivity index (χ1n) is 41.5. The molecular formula is C75H130N12O40. The summed E-state index contributed by atoms with van der Waals surface area (Å²) in [5, 5.41) is 140. The van der Waals surface area contributed by atoms with E-state index in [1.165, 1.54) is 25.5 Å². The van der Waals surface area contributed by atoms with E-state index < -0.39 is 228 Å². The lowest BCUT2D eigenvalue weighted by atomic mass is 9.97. The minimum Gasteiger partial charge on any atom is -0.481 e. The summed E-state index contributed by atoms with van der Waals surface area (Å²) in [6.45, 7) is 0.532. The van der Waals surface area contributed by atoms with E-state index in [-0.39, 0.29) is 197 Å². The molecule has 730 valence electrons. The second-order valence-corrected chi connectivity index (χ2v) is 28.8. The van der Waals surface area contributed by atoms with Crippen molar-refractivity contribution in [1.29, 1.82) is 0 Å². The van der Waals surface area contributed by atoms with Crippen LogP contribution in [0.25, 0.3) is 0 Å². The molecule has 20 N–H and O–H groups in total. The van der Waals surface area contributed by atoms with Crippen molar-refractivity contribution in [2.45, 2.75) is 176 Å². The fourth-order valence-electron chi connectivity index (χ4n) is 12.0. The number of hydrogen-bond donors (Lipinski definition) is 20. The van der Waals surface area contributed by atoms with Crippen molar-refractivity contribution in [3.63, 3.8) is 0 Å². The van der Waals surface area contributed by atoms with E-state index in [0.717, 1.165) is 0 Å². The van der Waals surface area contributed by atoms with E-state index in [1.54, 1.807) is 6.20 Å². The largest absolute Gasteiger partial charge is 0.481 e. The minimum absolute atomic E-state index is 0.0250. The molecule has 0 radical (unpaired) electrons. The summed E-state index contributed by atoms with van der Waals surface area (Å²) in [5.74, 6) is -7.86. The average Bonchev–Trinajstić information content (AvgIpc) is 1.13. The van der Waals surface area contributed by atoms with Crippen molar-refractivity contribution in [1.82, 2.24) is 62.8 Å². The van der Waals surface area contributed by atoms with Gasteiger partial charge in [0.05, 0.1) is 217 Å². The first kappa shape index (κ1) is 112. The molecule has 3 aliphatic rings. The number of nitrogens with one attached hydrogen (secondary N) is 9. The highest BCUT2D eigenvalue weighted by Gasteiger charge is 2.48. The number of rotatable bonds is 73. The van der Waals surface area contributed by atoms with Crippen LogP contribution in [0.1, 0.15) is 65.0 Å². The van der Waals surface area contributed by atoms with Gasteiger partial charge in [0.1, 0.15) is 91.2 Å². The summed E-state index contributed by atoms with van der Waals surface area (Å²) in [7, 11) is 0. The van der Waals surface area contributed by atoms with Crippen LogP contribution in [0.3, 0.4) is 0 Å². The maximum absolute atomic E-state index is 13.9. The predicted molar refractivity (Wildman–Crippen MR) is 425 cm³/mol. The standard InChI is InChI=1S/C75H130N12O40/c1-47(91)80-62-68(105)65(102)52(40-88)125-72(62)122-34-31-115-25-21-110-17-10-76-55(94)7-14-119-44-75(45-120-15-8-56(95)77-11-18-111-22-26-116-32-35-123-73-63(81-48(2)92)69(106)66(103)53(41-89)126-73,46-121-16-9-57(96)78-12-19-112-23-27-117-33-36-124-74-64(82-49(3)93)70(107)67(104)54(42-90)127-74)84-59(98)38-79-60(99)43-118-30-29-114-28-24-113-20-13-87-39-50(85-86-87)5-4-6-58(97)83-51(71(108)109)37-61(100)101/h39,51-54,62-70,72-74,88-90,102-107H,4-38,40-46H2,1-3H3,(H,76,94)(H,77,95)(H,78,96)(H,79,99)(H,80,91)(H,81,92)(H,82,93)(H,83,97)(H,84,98)(H,100,101)(H,108,109)/t51-,52+,53+,54+,62+,63+,64+,65-,66-,67-,68+,69+,70+,72+,73+,74+/m0/s1. The van der Waals surface area contributed by atoms with Crippen molar-refractivity contribution < 1.29 is 194 Å². The van der Waals surface area contributed by atoms with Crippen LogP contribution in [0.2, 0.25) is 0 Å². The molecule has 127 heavy (non-hydrogen) atoms. The van der Waals surface area contributed by atoms with Gasteiger partial charge in [0.15, 0.2) is 18.9 Å². The maximum Gasteiger partial charge on any atom is 0.326 e. The third kappa shape index (κ3) is 47.6. The number of nitrogens with zero attached hydrogens (tertiary/aromatic N) is 3. The molecule has 0 spiro atoms. The zero-order valence-electron chi connectivity index (χ0n) is 71.6. The number of carbonyl (C=O) groups excluding carboxylic acids is 9. The zero-order chi connectivity index (χ0) is 93.2. The number of aliphatic hydroxyl groups excluding tert-OH is 9. The van der Waals surface area contributed by atoms with E-state index in [4.69, 9.17) is 95.5 Å². The Labute approximate surface area is 731 Å². The smallest absolute Gasteiger partial charge is 0.326 e. The summed E-state index contributed by atoms with van der Waals surface area (Å²) in [5.41, 5.74) is -1.08. The van der Waals surface area contributed by atoms with Crippen LogP contribution in [0, 0.1) is 0 Å². The molecule has 3 fully saturated rings. The molecule has 3 aliphatic heterocycles. The Balaban J connectivity index is 1.29. The highest BCUT2D eigenvalue weighted by molar-refractivity contribution is 5.87. The number of carboxylic acid groups (broad SMARTS) is 2. The number of aromatic nitrogens is 3. The van der Waals surface area contributed by atoms with Crippen molar-refractivity contribution >= 4 is 65.1 Å². The minimum atomic E-state index is -1.64. The van der Waals surface area contributed by atoms with E-state index >= 15 is 0 Å². The van der Waals surface area contributed by atoms with Crippen molar-refractivity contribution in [2.75, 3.05) is 224 Å². The first-order chi connectivity index (χ1) is 61.0. The molecular weight excluding hydrogens is 1710 g/mol. The monoisotopic (exact) mass is 1840 g/mol. The Kier molecular flexibility index (Phi) is 57.7. The molecule has 1 aromatic rings. The van der Waals surface area contributed by atoms with Gasteiger partial charge in [0, 0.05) is 72.3 Å². The lowest BCUT2D eigenvalue weighted by Gasteiger charge is -2.42. The van der Waals surface area contributed by atoms with Gasteiger partial charge < -0.3 is 189 Å². The van der Waals surface area contributed by atoms with Crippen LogP contribution in [-0.2, 0) is 151 Å². The normalized spacial score (nSPS) is 22.6. The molecule has 1 aromatic heterocycles. The first-order valence-corrected chi connectivity index (χ1v) is 41.5. The molecule has 4 heterocycles. The van der Waals surface area contributed by atoms with Gasteiger partial charge in [-0.3, -0.25) is 47.9 Å². The summed E-state index contributed by atoms with van der Waals surface area (Å²) in [4.78, 5) is 136. The molecule has 16 atom stereocenters. The molecule has 0 aromatic carbocycles. The predicted octanol–water partition coefficient (Wildman–Crippen LogP) is -11.8. The van der Waals surface area contributed by atoms with Crippen molar-refractivity contribution in [3.05, 3.63) is 11.9 Å². The fraction of sp³-hybridized carbons (Fsp3) is 0.827. The third-order valence-electron chi connectivity index (χ3n) is 18.4. The van der Waals surface area contributed by atoms with Crippen LogP contribution in [-0.4, -0.2) is 464 Å². The maximum atomic E-state index is 13.9. The Morgan fingerprint density at radius 3 is 1.13 bits per heavy atom. The molecule has 0 aliphatic carbocycles. The van der Waals surface area contributed by atoms with Crippen LogP contribution < -0.4 is 47.9 Å². The van der Waals surface area contributed by atoms with Crippen LogP contribution in [0.5, 0.6) is 0 Å². The van der Waals surface area contributed by atoms with Gasteiger partial charge >= 0.3 is 11.9 Å². The number of hydrogen-bond acceptors (Lipinski definition) is 40. The van der Waals surface area contributed by atoms with E-state index in [0.29, 0.717) is 25.1 Å². The Morgan fingerprint density at radius 1 is 0.417 bits per heavy atom. The summed E-state index contributed by atoms with van der Waals surface area (Å²) in [6, 6.07) is -4.95. The van der Waals surface area contributed by atoms with Gasteiger partial charge in [-0.25, -0.2) is 9.48 Å². The van der Waals surface area contributed by atoms with Crippen LogP contribution in [0.4, 0.5) is 0 Å². The topological polar surface area (TPSA) is 715 Å². The Bertz CT molecular complexity index is 3090. The molecule has 9 amide bonds. The number of carbonyl (C=O) groups is 11. The second kappa shape index (κ2) is 65.7. The lowest BCUT2D eigenvalue weighted by molar-refractivity contribution is -0.272. The van der Waals surface area contributed by atoms with Gasteiger partial charge in [0.2, 0.25) is 53.2 Å². The molecule has 0 bridgehead atoms. The molecule has 0 saturated carbocycles. The lowest BCUT2D eigenvalue weighted by Crippen LogP contribution is -2.64. The highest BCUT2D eigenvalue weighted by atomic mass is 16.7. The number of carboxylic acids is 2. The van der Waals surface area contributed by atoms with Gasteiger partial charge in [-0.15, -0.1) is 5.10 Å². The molecule has 4 rings (SSSR count). The van der Waals surface area contributed by atoms with Gasteiger partial charge in [-0.1, -0.05) is 5.21 Å². The number of aliphatic carboxylic acids is 2. The molecule has 52 heteroatoms. The summed E-state index contributed by atoms with van der Waals surface area (Å²) in [6.07, 6.45) is -15.2. The highest BCUT2D eigenvalue weighted by Crippen LogP contribution is 2.25. The van der Waals surface area contributed by atoms with Crippen LogP contribution in [0.15, 0.2) is 6.20 Å². The third-order valence-corrected chi connectivity index (χ3v) is 18.4. The van der Waals surface area contributed by atoms with Gasteiger partial charge in [-0.2, -0.15) is 0 Å². The van der Waals surface area contributed by atoms with Crippen LogP contribution >= 0.6 is 0 Å². The van der Waals surface area contributed by atoms with Gasteiger partial charge in [-0.05, 0) is 12.8 Å². The van der Waals surface area contributed by atoms with E-state index in [1.807, 2.05) is 0 Å². The second-order valence-electron chi connectivity index (χ2n) is 28.8. The van der Waals surface area contributed by atoms with E-state index in [9.17, 15) is 98.7 Å². The van der Waals surface area contributed by atoms with E-state index in [2.05, 4.69) is 58.2 Å². The number of amides is 9. The Morgan fingerprint density at radius 2 is 0.772 bits per heavy atom. The number of aliphatic hydroxyl groups is 9. The van der Waals surface area contributed by atoms with Crippen molar-refractivity contribution in [2.24, 2.45) is 0 Å². The SMILES string of the molecule is CC(=O)N[C@H]1[C@H](OCCOCCOCCNC(=O)CCOCC(COCCC(=O)NCCOCCOCCO[C@@H]2O[C@H](CO)[C@H](O)[C@H](O)[C@H]2NC(C)=O)(COCCC(=O)NCCOCCOCCO[C@@H]2O[C@H](CO)[C@H](O)[C@H](O)[C@H]2NC(C)=O)NC(=O)CNC(=O)COCCOCCOCCn2cc(CCCC(=O)N[C@@H](CC(=O)O)C(=O)O)nn2)O[C@H](CO)[C@H](O)[C@@H]1O. The Hall–Kier alpha value is -7.77. The molecule has 3 saturated heterocycles. The summed E-state index contributed by atoms with van der Waals surface area (Å²) < 4.78 is 103. The summed E-state index contributed by atoms with van der Waals surface area (Å²) >= 11 is 0. The van der Waals surface area contributed by atoms with Gasteiger partial charge in [0.25, 0.3) is 0 Å². The average molecular weight is 1840 g/mol. The zero-order valence-corrected chi connectivity index (χ0v) is 71.6. The molecule has 0 unspecified atom stereocenters.